The Morgan fingerprint density at radius 2 is 1.57 bits per heavy atom. The maximum Gasteiger partial charge on any atom is 0.108 e. The predicted molar refractivity (Wildman–Crippen MR) is 144 cm³/mol. The molecule has 1 heterocycles. The second-order valence-electron chi connectivity index (χ2n) is 16.1. The molecule has 5 saturated carbocycles. The van der Waals surface area contributed by atoms with Crippen molar-refractivity contribution in [1.29, 1.82) is 0 Å². The molecule has 2 spiro atoms. The molecule has 5 nitrogen and oxygen atoms in total. The minimum absolute atomic E-state index is 0.0152. The van der Waals surface area contributed by atoms with E-state index in [2.05, 4.69) is 34.6 Å². The van der Waals surface area contributed by atoms with Gasteiger partial charge in [0.1, 0.15) is 6.10 Å². The molecular formula is C32H54O5. The van der Waals surface area contributed by atoms with Gasteiger partial charge in [0.25, 0.3) is 0 Å². The predicted octanol–water partition coefficient (Wildman–Crippen LogP) is 5.60. The maximum absolute atomic E-state index is 11.0. The Morgan fingerprint density at radius 3 is 2.19 bits per heavy atom. The van der Waals surface area contributed by atoms with E-state index in [1.165, 1.54) is 44.9 Å². The Kier molecular flexibility index (Phi) is 5.81. The van der Waals surface area contributed by atoms with Crippen molar-refractivity contribution in [3.8, 4) is 0 Å². The second-order valence-corrected chi connectivity index (χ2v) is 16.1. The fourth-order valence-electron chi connectivity index (χ4n) is 12.7. The number of fused-ring (bicyclic) bond motifs is 4. The lowest BCUT2D eigenvalue weighted by molar-refractivity contribution is -0.207. The van der Waals surface area contributed by atoms with Gasteiger partial charge in [0, 0.05) is 19.6 Å². The van der Waals surface area contributed by atoms with Crippen molar-refractivity contribution < 1.29 is 24.4 Å². The van der Waals surface area contributed by atoms with Gasteiger partial charge in [-0.15, -0.1) is 0 Å². The van der Waals surface area contributed by atoms with E-state index in [4.69, 9.17) is 14.2 Å². The summed E-state index contributed by atoms with van der Waals surface area (Å²) in [5.74, 6) is 2.22. The van der Waals surface area contributed by atoms with Crippen LogP contribution in [0.25, 0.3) is 0 Å². The van der Waals surface area contributed by atoms with E-state index in [0.717, 1.165) is 12.3 Å². The van der Waals surface area contributed by atoms with E-state index in [1.54, 1.807) is 13.8 Å². The largest absolute Gasteiger partial charge is 0.388 e. The number of aliphatic hydroxyl groups is 2. The molecule has 0 bridgehead atoms. The van der Waals surface area contributed by atoms with E-state index in [0.29, 0.717) is 34.7 Å². The Hall–Kier alpha value is -0.200. The van der Waals surface area contributed by atoms with Gasteiger partial charge in [-0.1, -0.05) is 34.6 Å². The maximum atomic E-state index is 11.0. The lowest BCUT2D eigenvalue weighted by Gasteiger charge is -2.64. The highest BCUT2D eigenvalue weighted by atomic mass is 16.6. The van der Waals surface area contributed by atoms with Gasteiger partial charge in [-0.25, -0.2) is 0 Å². The number of hydrogen-bond acceptors (Lipinski definition) is 5. The first-order valence-electron chi connectivity index (χ1n) is 15.3. The summed E-state index contributed by atoms with van der Waals surface area (Å²) in [6, 6.07) is 0. The van der Waals surface area contributed by atoms with Crippen LogP contribution in [0, 0.1) is 50.7 Å². The first-order valence-corrected chi connectivity index (χ1v) is 15.3. The van der Waals surface area contributed by atoms with E-state index < -0.39 is 11.7 Å². The Morgan fingerprint density at radius 1 is 0.919 bits per heavy atom. The van der Waals surface area contributed by atoms with Crippen molar-refractivity contribution in [3.63, 3.8) is 0 Å². The topological polar surface area (TPSA) is 68.2 Å². The summed E-state index contributed by atoms with van der Waals surface area (Å²) in [4.78, 5) is 0. The van der Waals surface area contributed by atoms with Crippen molar-refractivity contribution in [2.45, 2.75) is 136 Å². The van der Waals surface area contributed by atoms with Crippen LogP contribution in [0.4, 0.5) is 0 Å². The number of hydrogen-bond donors (Lipinski definition) is 2. The monoisotopic (exact) mass is 518 g/mol. The van der Waals surface area contributed by atoms with E-state index >= 15 is 0 Å². The van der Waals surface area contributed by atoms with Crippen LogP contribution in [0.2, 0.25) is 0 Å². The van der Waals surface area contributed by atoms with Gasteiger partial charge in [0.05, 0.1) is 30.0 Å². The average molecular weight is 519 g/mol. The van der Waals surface area contributed by atoms with Crippen LogP contribution >= 0.6 is 0 Å². The quantitative estimate of drug-likeness (QED) is 0.507. The van der Waals surface area contributed by atoms with Gasteiger partial charge < -0.3 is 24.4 Å². The third kappa shape index (κ3) is 3.05. The molecule has 6 aliphatic rings. The molecule has 5 aliphatic carbocycles. The van der Waals surface area contributed by atoms with Gasteiger partial charge in [-0.3, -0.25) is 0 Å². The second kappa shape index (κ2) is 7.96. The van der Waals surface area contributed by atoms with Crippen LogP contribution < -0.4 is 0 Å². The van der Waals surface area contributed by atoms with E-state index in [9.17, 15) is 10.2 Å². The minimum Gasteiger partial charge on any atom is -0.388 e. The van der Waals surface area contributed by atoms with Crippen molar-refractivity contribution in [2.24, 2.45) is 50.7 Å². The highest BCUT2D eigenvalue weighted by Gasteiger charge is 2.84. The van der Waals surface area contributed by atoms with Crippen molar-refractivity contribution in [3.05, 3.63) is 0 Å². The molecule has 13 atom stereocenters. The highest BCUT2D eigenvalue weighted by molar-refractivity contribution is 5.33. The van der Waals surface area contributed by atoms with Gasteiger partial charge in [-0.05, 0) is 111 Å². The summed E-state index contributed by atoms with van der Waals surface area (Å²) >= 11 is 0. The molecule has 1 aliphatic heterocycles. The lowest BCUT2D eigenvalue weighted by atomic mass is 9.41. The normalized spacial score (nSPS) is 56.8. The molecular weight excluding hydrogens is 464 g/mol. The summed E-state index contributed by atoms with van der Waals surface area (Å²) in [6.45, 7) is 15.9. The van der Waals surface area contributed by atoms with Crippen LogP contribution in [0.15, 0.2) is 0 Å². The molecule has 6 fully saturated rings. The van der Waals surface area contributed by atoms with Crippen LogP contribution in [0.3, 0.4) is 0 Å². The van der Waals surface area contributed by atoms with E-state index in [-0.39, 0.29) is 34.6 Å². The molecule has 0 aromatic heterocycles. The van der Waals surface area contributed by atoms with E-state index in [1.807, 2.05) is 14.2 Å². The summed E-state index contributed by atoms with van der Waals surface area (Å²) in [7, 11) is 3.81. The molecule has 0 aromatic rings. The molecule has 5 heteroatoms. The Bertz CT molecular complexity index is 927. The molecule has 0 unspecified atom stereocenters. The Balaban J connectivity index is 1.37. The molecule has 0 aromatic carbocycles. The molecule has 2 N–H and O–H groups in total. The fraction of sp³-hybridized carbons (Fsp3) is 1.00. The molecule has 0 radical (unpaired) electrons. The van der Waals surface area contributed by atoms with Gasteiger partial charge in [0.2, 0.25) is 0 Å². The molecule has 1 saturated heterocycles. The van der Waals surface area contributed by atoms with Gasteiger partial charge in [0.15, 0.2) is 0 Å². The summed E-state index contributed by atoms with van der Waals surface area (Å²) in [5.41, 5.74) is 0.126. The number of aliphatic hydroxyl groups excluding tert-OH is 1. The first kappa shape index (κ1) is 27.0. The fourth-order valence-corrected chi connectivity index (χ4v) is 12.7. The van der Waals surface area contributed by atoms with Crippen molar-refractivity contribution in [1.82, 2.24) is 0 Å². The van der Waals surface area contributed by atoms with Crippen LogP contribution in [-0.2, 0) is 14.2 Å². The molecule has 6 rings (SSSR count). The standard InChI is InChI=1S/C32H54O5/c1-18-16-19(25(33)28(4,5)34)37-24-23(18)29(6)14-15-32-17-31(32)13-12-22(35-8)27(2,3)20(31)10-11-21(32)30(29,7)26(24)36-9/h18-26,33-34H,10-17H2,1-9H3/t18-,19-,20+,21+,22+,23+,24+,25+,26+,29-,30-,31-,32+/m1/s1. The lowest BCUT2D eigenvalue weighted by Crippen LogP contribution is -2.60. The number of methoxy groups -OCH3 is 2. The molecule has 37 heavy (non-hydrogen) atoms. The van der Waals surface area contributed by atoms with Crippen molar-refractivity contribution >= 4 is 0 Å². The highest BCUT2D eigenvalue weighted by Crippen LogP contribution is 2.89. The van der Waals surface area contributed by atoms with Crippen LogP contribution in [0.1, 0.15) is 99.8 Å². The van der Waals surface area contributed by atoms with Crippen LogP contribution in [-0.4, -0.2) is 60.6 Å². The average Bonchev–Trinajstić information content (AvgIpc) is 3.43. The zero-order chi connectivity index (χ0) is 27.0. The summed E-state index contributed by atoms with van der Waals surface area (Å²) < 4.78 is 19.4. The number of ether oxygens (including phenoxy) is 3. The smallest absolute Gasteiger partial charge is 0.108 e. The summed E-state index contributed by atoms with van der Waals surface area (Å²) in [5, 5.41) is 21.6. The van der Waals surface area contributed by atoms with Gasteiger partial charge in [-0.2, -0.15) is 0 Å². The van der Waals surface area contributed by atoms with Crippen molar-refractivity contribution in [2.75, 3.05) is 14.2 Å². The Labute approximate surface area is 225 Å². The zero-order valence-electron chi connectivity index (χ0n) is 25.0. The third-order valence-electron chi connectivity index (χ3n) is 14.3. The third-order valence-corrected chi connectivity index (χ3v) is 14.3. The minimum atomic E-state index is -1.18. The number of rotatable bonds is 4. The molecule has 212 valence electrons. The SMILES string of the molecule is CO[C@H]1CC[C@]23C[C@]24CC[C@]2(C)[C@@H]5[C@H](O[C@@H]([C@H](O)C(C)(C)O)C[C@H]5C)[C@H](OC)[C@@]2(C)[C@@H]4CC[C@H]3C1(C)C. The van der Waals surface area contributed by atoms with Crippen LogP contribution in [0.5, 0.6) is 0 Å². The first-order chi connectivity index (χ1) is 17.2. The zero-order valence-corrected chi connectivity index (χ0v) is 25.0. The van der Waals surface area contributed by atoms with Gasteiger partial charge >= 0.3 is 0 Å². The summed E-state index contributed by atoms with van der Waals surface area (Å²) in [6.07, 6.45) is 8.96. The molecule has 0 amide bonds.